The molecule has 0 aliphatic carbocycles. The van der Waals surface area contributed by atoms with Crippen LogP contribution in [-0.4, -0.2) is 30.6 Å². The number of ether oxygens (including phenoxy) is 1. The Bertz CT molecular complexity index is 395. The molecule has 0 saturated carbocycles. The number of nitrogens with two attached hydrogens (primary N) is 1. The number of nitrogens with zero attached hydrogens (tertiary/aromatic N) is 1. The second-order valence-corrected chi connectivity index (χ2v) is 5.57. The average molecular weight is 292 g/mol. The summed E-state index contributed by atoms with van der Waals surface area (Å²) in [5.41, 5.74) is 7.36. The van der Waals surface area contributed by atoms with Crippen molar-refractivity contribution in [3.63, 3.8) is 0 Å². The lowest BCUT2D eigenvalue weighted by Gasteiger charge is -2.36. The van der Waals surface area contributed by atoms with Crippen LogP contribution in [0.3, 0.4) is 0 Å². The van der Waals surface area contributed by atoms with Crippen LogP contribution in [0.1, 0.15) is 58.6 Å². The first kappa shape index (κ1) is 18.0. The molecule has 0 radical (unpaired) electrons. The molecule has 2 N–H and O–H groups in total. The van der Waals surface area contributed by atoms with Gasteiger partial charge in [-0.15, -0.1) is 0 Å². The monoisotopic (exact) mass is 292 g/mol. The summed E-state index contributed by atoms with van der Waals surface area (Å²) in [6.45, 7) is 11.2. The molecular weight excluding hydrogens is 260 g/mol. The van der Waals surface area contributed by atoms with E-state index in [-0.39, 0.29) is 6.04 Å². The van der Waals surface area contributed by atoms with Crippen LogP contribution < -0.4 is 10.5 Å². The number of hydrogen-bond donors (Lipinski definition) is 1. The zero-order chi connectivity index (χ0) is 15.7. The molecule has 0 saturated heterocycles. The molecular formula is C18H32N2O. The van der Waals surface area contributed by atoms with Gasteiger partial charge in [-0.1, -0.05) is 38.5 Å². The van der Waals surface area contributed by atoms with Gasteiger partial charge in [0, 0.05) is 18.2 Å². The van der Waals surface area contributed by atoms with Gasteiger partial charge in [0.1, 0.15) is 5.75 Å². The van der Waals surface area contributed by atoms with Crippen molar-refractivity contribution in [2.24, 2.45) is 5.73 Å². The van der Waals surface area contributed by atoms with Crippen LogP contribution in [0.15, 0.2) is 24.3 Å². The van der Waals surface area contributed by atoms with Crippen LogP contribution in [0, 0.1) is 0 Å². The Morgan fingerprint density at radius 3 is 2.48 bits per heavy atom. The van der Waals surface area contributed by atoms with E-state index in [9.17, 15) is 0 Å². The van der Waals surface area contributed by atoms with Gasteiger partial charge in [0.05, 0.1) is 12.6 Å². The Hall–Kier alpha value is -1.06. The third-order valence-corrected chi connectivity index (χ3v) is 4.13. The summed E-state index contributed by atoms with van der Waals surface area (Å²) in [5, 5.41) is 0. The van der Waals surface area contributed by atoms with E-state index in [1.807, 2.05) is 13.0 Å². The predicted octanol–water partition coefficient (Wildman–Crippen LogP) is 3.99. The Balaban J connectivity index is 3.06. The molecule has 0 heterocycles. The van der Waals surface area contributed by atoms with Crippen molar-refractivity contribution in [3.05, 3.63) is 29.8 Å². The molecule has 21 heavy (non-hydrogen) atoms. The topological polar surface area (TPSA) is 38.5 Å². The summed E-state index contributed by atoms with van der Waals surface area (Å²) in [5.74, 6) is 0.972. The van der Waals surface area contributed by atoms with E-state index in [1.165, 1.54) is 18.4 Å². The molecule has 0 aliphatic heterocycles. The maximum atomic E-state index is 6.14. The molecule has 0 aromatic heterocycles. The first-order valence-corrected chi connectivity index (χ1v) is 8.36. The second-order valence-electron chi connectivity index (χ2n) is 5.57. The third-order valence-electron chi connectivity index (χ3n) is 4.13. The van der Waals surface area contributed by atoms with Crippen LogP contribution in [0.25, 0.3) is 0 Å². The van der Waals surface area contributed by atoms with Crippen LogP contribution in [-0.2, 0) is 0 Å². The van der Waals surface area contributed by atoms with E-state index in [0.29, 0.717) is 19.2 Å². The van der Waals surface area contributed by atoms with Crippen LogP contribution in [0.5, 0.6) is 5.75 Å². The SMILES string of the molecule is CCCCN(C(C)CC)C(CN)c1ccccc1OCC. The van der Waals surface area contributed by atoms with E-state index in [4.69, 9.17) is 10.5 Å². The fourth-order valence-corrected chi connectivity index (χ4v) is 2.74. The van der Waals surface area contributed by atoms with Gasteiger partial charge in [0.2, 0.25) is 0 Å². The summed E-state index contributed by atoms with van der Waals surface area (Å²) < 4.78 is 5.81. The van der Waals surface area contributed by atoms with E-state index in [2.05, 4.69) is 43.9 Å². The lowest BCUT2D eigenvalue weighted by Crippen LogP contribution is -2.40. The fourth-order valence-electron chi connectivity index (χ4n) is 2.74. The van der Waals surface area contributed by atoms with E-state index < -0.39 is 0 Å². The first-order chi connectivity index (χ1) is 10.2. The van der Waals surface area contributed by atoms with Crippen molar-refractivity contribution in [2.45, 2.75) is 59.0 Å². The summed E-state index contributed by atoms with van der Waals surface area (Å²) in [4.78, 5) is 2.54. The Morgan fingerprint density at radius 2 is 1.90 bits per heavy atom. The zero-order valence-corrected chi connectivity index (χ0v) is 14.1. The van der Waals surface area contributed by atoms with E-state index >= 15 is 0 Å². The summed E-state index contributed by atoms with van der Waals surface area (Å²) in [6, 6.07) is 9.07. The molecule has 120 valence electrons. The van der Waals surface area contributed by atoms with Crippen molar-refractivity contribution >= 4 is 0 Å². The minimum absolute atomic E-state index is 0.231. The Kier molecular flexibility index (Phi) is 8.40. The molecule has 0 bridgehead atoms. The molecule has 0 amide bonds. The number of benzene rings is 1. The largest absolute Gasteiger partial charge is 0.494 e. The molecule has 0 fully saturated rings. The highest BCUT2D eigenvalue weighted by Crippen LogP contribution is 2.31. The van der Waals surface area contributed by atoms with E-state index in [0.717, 1.165) is 18.7 Å². The number of rotatable bonds is 10. The summed E-state index contributed by atoms with van der Waals surface area (Å²) in [7, 11) is 0. The van der Waals surface area contributed by atoms with Gasteiger partial charge in [-0.05, 0) is 39.3 Å². The highest BCUT2D eigenvalue weighted by molar-refractivity contribution is 5.36. The number of hydrogen-bond acceptors (Lipinski definition) is 3. The van der Waals surface area contributed by atoms with Crippen molar-refractivity contribution in [1.82, 2.24) is 4.90 Å². The van der Waals surface area contributed by atoms with Gasteiger partial charge in [-0.25, -0.2) is 0 Å². The molecule has 0 spiro atoms. The van der Waals surface area contributed by atoms with Crippen molar-refractivity contribution < 1.29 is 4.74 Å². The van der Waals surface area contributed by atoms with Crippen LogP contribution in [0.4, 0.5) is 0 Å². The molecule has 2 unspecified atom stereocenters. The Labute approximate surface area is 130 Å². The lowest BCUT2D eigenvalue weighted by atomic mass is 10.0. The summed E-state index contributed by atoms with van der Waals surface area (Å²) in [6.07, 6.45) is 3.55. The predicted molar refractivity (Wildman–Crippen MR) is 90.8 cm³/mol. The van der Waals surface area contributed by atoms with Crippen LogP contribution >= 0.6 is 0 Å². The average Bonchev–Trinajstić information content (AvgIpc) is 2.52. The van der Waals surface area contributed by atoms with Gasteiger partial charge < -0.3 is 10.5 Å². The fraction of sp³-hybridized carbons (Fsp3) is 0.667. The van der Waals surface area contributed by atoms with Gasteiger partial charge in [-0.2, -0.15) is 0 Å². The third kappa shape index (κ3) is 5.01. The minimum Gasteiger partial charge on any atom is -0.494 e. The molecule has 3 nitrogen and oxygen atoms in total. The van der Waals surface area contributed by atoms with Crippen molar-refractivity contribution in [1.29, 1.82) is 0 Å². The van der Waals surface area contributed by atoms with E-state index in [1.54, 1.807) is 0 Å². The number of para-hydroxylation sites is 1. The standard InChI is InChI=1S/C18H32N2O/c1-5-8-13-20(15(4)6-2)17(14-19)16-11-9-10-12-18(16)21-7-3/h9-12,15,17H,5-8,13-14,19H2,1-4H3. The highest BCUT2D eigenvalue weighted by Gasteiger charge is 2.25. The lowest BCUT2D eigenvalue weighted by molar-refractivity contribution is 0.138. The quantitative estimate of drug-likeness (QED) is 0.709. The first-order valence-electron chi connectivity index (χ1n) is 8.36. The molecule has 1 rings (SSSR count). The zero-order valence-electron chi connectivity index (χ0n) is 14.1. The molecule has 1 aromatic rings. The van der Waals surface area contributed by atoms with Gasteiger partial charge in [0.25, 0.3) is 0 Å². The molecule has 2 atom stereocenters. The Morgan fingerprint density at radius 1 is 1.19 bits per heavy atom. The van der Waals surface area contributed by atoms with Gasteiger partial charge >= 0.3 is 0 Å². The summed E-state index contributed by atoms with van der Waals surface area (Å²) >= 11 is 0. The maximum absolute atomic E-state index is 6.14. The van der Waals surface area contributed by atoms with Gasteiger partial charge in [-0.3, -0.25) is 4.90 Å². The highest BCUT2D eigenvalue weighted by atomic mass is 16.5. The molecule has 3 heteroatoms. The normalized spacial score (nSPS) is 14.2. The van der Waals surface area contributed by atoms with Crippen LogP contribution in [0.2, 0.25) is 0 Å². The van der Waals surface area contributed by atoms with Crippen molar-refractivity contribution in [2.75, 3.05) is 19.7 Å². The second kappa shape index (κ2) is 9.80. The smallest absolute Gasteiger partial charge is 0.124 e. The number of unbranched alkanes of at least 4 members (excludes halogenated alkanes) is 1. The molecule has 1 aromatic carbocycles. The maximum Gasteiger partial charge on any atom is 0.124 e. The molecule has 0 aliphatic rings. The minimum atomic E-state index is 0.231. The van der Waals surface area contributed by atoms with Gasteiger partial charge in [0.15, 0.2) is 0 Å². The van der Waals surface area contributed by atoms with Crippen molar-refractivity contribution in [3.8, 4) is 5.75 Å².